The summed E-state index contributed by atoms with van der Waals surface area (Å²) in [5, 5.41) is 0. The monoisotopic (exact) mass is 627 g/mol. The minimum absolute atomic E-state index is 0.331. The van der Waals surface area contributed by atoms with E-state index in [9.17, 15) is 0 Å². The molecule has 1 fully saturated rings. The molecule has 0 unspecified atom stereocenters. The van der Waals surface area contributed by atoms with Gasteiger partial charge in [0.25, 0.3) is 0 Å². The first-order valence-corrected chi connectivity index (χ1v) is 20.1. The van der Waals surface area contributed by atoms with Crippen molar-refractivity contribution in [3.63, 3.8) is 0 Å². The molecule has 0 bridgehead atoms. The number of hydrogen-bond acceptors (Lipinski definition) is 2. The van der Waals surface area contributed by atoms with E-state index in [1.165, 1.54) is 161 Å². The van der Waals surface area contributed by atoms with Crippen LogP contribution in [0, 0.1) is 5.92 Å². The predicted molar refractivity (Wildman–Crippen MR) is 201 cm³/mol. The molecule has 2 heteroatoms. The smallest absolute Gasteiger partial charge is 0.0839 e. The quantitative estimate of drug-likeness (QED) is 0.0533. The summed E-state index contributed by atoms with van der Waals surface area (Å²) < 4.78 is 12.8. The van der Waals surface area contributed by atoms with Gasteiger partial charge in [-0.2, -0.15) is 0 Å². The number of ether oxygens (including phenoxy) is 2. The molecule has 2 nitrogen and oxygen atoms in total. The molecule has 0 N–H and O–H groups in total. The summed E-state index contributed by atoms with van der Waals surface area (Å²) in [6.07, 6.45) is 54.2. The fraction of sp³-hybridized carbons (Fsp3) is 0.814. The van der Waals surface area contributed by atoms with E-state index >= 15 is 0 Å². The second kappa shape index (κ2) is 34.2. The van der Waals surface area contributed by atoms with Crippen LogP contribution in [0.3, 0.4) is 0 Å². The number of unbranched alkanes of at least 4 members (excludes halogenated alkanes) is 18. The molecule has 0 amide bonds. The topological polar surface area (TPSA) is 18.5 Å². The molecule has 0 aromatic rings. The molecule has 3 atom stereocenters. The average molecular weight is 627 g/mol. The Morgan fingerprint density at radius 1 is 0.400 bits per heavy atom. The highest BCUT2D eigenvalue weighted by atomic mass is 16.5. The Labute approximate surface area is 283 Å². The second-order valence-corrected chi connectivity index (χ2v) is 13.7. The Balaban J connectivity index is 1.95. The van der Waals surface area contributed by atoms with E-state index in [1.54, 1.807) is 0 Å². The standard InChI is InChI=1S/C43H78O2/c1-4-7-9-11-13-15-17-19-21-23-25-27-29-31-33-35-37-44-42-39-41(6-3)40-43(42)45-38-36-34-32-30-28-26-24-22-20-18-16-14-12-10-8-5-2/h13-16,19-22,41-43H,4-12,17-18,23-40H2,1-3H3/b15-13-,16-14-,21-19-,22-20-/t41-,42+,43-. The van der Waals surface area contributed by atoms with Gasteiger partial charge in [-0.15, -0.1) is 0 Å². The molecular formula is C43H78O2. The van der Waals surface area contributed by atoms with Crippen LogP contribution in [0.2, 0.25) is 0 Å². The molecule has 45 heavy (non-hydrogen) atoms. The molecule has 262 valence electrons. The van der Waals surface area contributed by atoms with Gasteiger partial charge < -0.3 is 9.47 Å². The SMILES string of the molecule is CCCCC/C=C\C/C=C\CCCCCCCCO[C@H]1C[C@@H](CC)C[C@H]1OCCCCCCCC/C=C\C/C=C\CCCCC. The molecule has 1 rings (SSSR count). The summed E-state index contributed by atoms with van der Waals surface area (Å²) in [6.45, 7) is 8.70. The van der Waals surface area contributed by atoms with E-state index in [4.69, 9.17) is 9.47 Å². The van der Waals surface area contributed by atoms with Gasteiger partial charge in [0.2, 0.25) is 0 Å². The van der Waals surface area contributed by atoms with Crippen LogP contribution in [0.1, 0.15) is 194 Å². The lowest BCUT2D eigenvalue weighted by Crippen LogP contribution is -2.27. The number of rotatable bonds is 33. The van der Waals surface area contributed by atoms with Crippen molar-refractivity contribution in [2.45, 2.75) is 206 Å². The molecule has 1 aliphatic carbocycles. The van der Waals surface area contributed by atoms with Crippen molar-refractivity contribution in [2.75, 3.05) is 13.2 Å². The molecule has 0 heterocycles. The third-order valence-corrected chi connectivity index (χ3v) is 9.48. The van der Waals surface area contributed by atoms with Gasteiger partial charge in [0.05, 0.1) is 12.2 Å². The van der Waals surface area contributed by atoms with Gasteiger partial charge in [-0.3, -0.25) is 0 Å². The first kappa shape index (κ1) is 41.9. The summed E-state index contributed by atoms with van der Waals surface area (Å²) in [5.41, 5.74) is 0. The van der Waals surface area contributed by atoms with Gasteiger partial charge in [0.1, 0.15) is 0 Å². The minimum Gasteiger partial charge on any atom is -0.376 e. The maximum absolute atomic E-state index is 6.40. The lowest BCUT2D eigenvalue weighted by Gasteiger charge is -2.21. The van der Waals surface area contributed by atoms with Crippen LogP contribution in [0.5, 0.6) is 0 Å². The number of hydrogen-bond donors (Lipinski definition) is 0. The zero-order chi connectivity index (χ0) is 32.3. The first-order valence-electron chi connectivity index (χ1n) is 20.1. The van der Waals surface area contributed by atoms with Crippen LogP contribution in [0.4, 0.5) is 0 Å². The van der Waals surface area contributed by atoms with Crippen LogP contribution in [-0.2, 0) is 9.47 Å². The maximum Gasteiger partial charge on any atom is 0.0839 e. The van der Waals surface area contributed by atoms with Crippen LogP contribution < -0.4 is 0 Å². The molecular weight excluding hydrogens is 548 g/mol. The zero-order valence-electron chi connectivity index (χ0n) is 30.7. The van der Waals surface area contributed by atoms with E-state index in [-0.39, 0.29) is 0 Å². The Morgan fingerprint density at radius 3 is 1.09 bits per heavy atom. The Bertz CT molecular complexity index is 647. The highest BCUT2D eigenvalue weighted by Gasteiger charge is 2.34. The van der Waals surface area contributed by atoms with Crippen molar-refractivity contribution in [1.29, 1.82) is 0 Å². The second-order valence-electron chi connectivity index (χ2n) is 13.7. The van der Waals surface area contributed by atoms with E-state index in [2.05, 4.69) is 69.4 Å². The predicted octanol–water partition coefficient (Wildman–Crippen LogP) is 14.2. The fourth-order valence-corrected chi connectivity index (χ4v) is 6.39. The molecule has 0 spiro atoms. The van der Waals surface area contributed by atoms with Crippen molar-refractivity contribution in [3.8, 4) is 0 Å². The van der Waals surface area contributed by atoms with Gasteiger partial charge in [-0.25, -0.2) is 0 Å². The van der Waals surface area contributed by atoms with E-state index in [0.29, 0.717) is 12.2 Å². The summed E-state index contributed by atoms with van der Waals surface area (Å²) in [7, 11) is 0. The maximum atomic E-state index is 6.40. The molecule has 0 aromatic heterocycles. The minimum atomic E-state index is 0.331. The summed E-state index contributed by atoms with van der Waals surface area (Å²) in [4.78, 5) is 0. The average Bonchev–Trinajstić information content (AvgIpc) is 3.45. The summed E-state index contributed by atoms with van der Waals surface area (Å²) in [5.74, 6) is 0.784. The van der Waals surface area contributed by atoms with Crippen molar-refractivity contribution >= 4 is 0 Å². The molecule has 0 saturated heterocycles. The highest BCUT2D eigenvalue weighted by Crippen LogP contribution is 2.33. The Morgan fingerprint density at radius 2 is 0.733 bits per heavy atom. The lowest BCUT2D eigenvalue weighted by molar-refractivity contribution is -0.0578. The number of allylic oxidation sites excluding steroid dienone is 8. The Hall–Kier alpha value is -1.12. The van der Waals surface area contributed by atoms with Crippen molar-refractivity contribution in [3.05, 3.63) is 48.6 Å². The fourth-order valence-electron chi connectivity index (χ4n) is 6.39. The summed E-state index contributed by atoms with van der Waals surface area (Å²) >= 11 is 0. The Kier molecular flexibility index (Phi) is 31.9. The van der Waals surface area contributed by atoms with Crippen LogP contribution >= 0.6 is 0 Å². The third kappa shape index (κ3) is 27.7. The summed E-state index contributed by atoms with van der Waals surface area (Å²) in [6, 6.07) is 0. The van der Waals surface area contributed by atoms with Gasteiger partial charge in [-0.1, -0.05) is 153 Å². The van der Waals surface area contributed by atoms with Gasteiger partial charge in [0.15, 0.2) is 0 Å². The van der Waals surface area contributed by atoms with Crippen molar-refractivity contribution in [1.82, 2.24) is 0 Å². The molecule has 0 radical (unpaired) electrons. The van der Waals surface area contributed by atoms with Crippen LogP contribution in [0.25, 0.3) is 0 Å². The van der Waals surface area contributed by atoms with E-state index < -0.39 is 0 Å². The first-order chi connectivity index (χ1) is 22.3. The third-order valence-electron chi connectivity index (χ3n) is 9.48. The molecule has 0 aliphatic heterocycles. The lowest BCUT2D eigenvalue weighted by atomic mass is 10.1. The molecule has 1 aliphatic rings. The van der Waals surface area contributed by atoms with E-state index in [0.717, 1.165) is 32.0 Å². The van der Waals surface area contributed by atoms with Crippen LogP contribution in [0.15, 0.2) is 48.6 Å². The van der Waals surface area contributed by atoms with Gasteiger partial charge >= 0.3 is 0 Å². The zero-order valence-corrected chi connectivity index (χ0v) is 30.7. The van der Waals surface area contributed by atoms with E-state index in [1.807, 2.05) is 0 Å². The molecule has 1 saturated carbocycles. The van der Waals surface area contributed by atoms with Gasteiger partial charge in [0, 0.05) is 13.2 Å². The largest absolute Gasteiger partial charge is 0.376 e. The van der Waals surface area contributed by atoms with Crippen molar-refractivity contribution < 1.29 is 9.47 Å². The van der Waals surface area contributed by atoms with Crippen LogP contribution in [-0.4, -0.2) is 25.4 Å². The molecule has 0 aromatic carbocycles. The van der Waals surface area contributed by atoms with Gasteiger partial charge in [-0.05, 0) is 95.8 Å². The van der Waals surface area contributed by atoms with Crippen molar-refractivity contribution in [2.24, 2.45) is 5.92 Å². The highest BCUT2D eigenvalue weighted by molar-refractivity contribution is 4.93. The normalized spacial score (nSPS) is 19.0.